The Balaban J connectivity index is 4.43. The molecule has 0 aromatic rings. The van der Waals surface area contributed by atoms with E-state index in [-0.39, 0.29) is 19.4 Å². The lowest BCUT2D eigenvalue weighted by atomic mass is 9.94. The number of aliphatic carboxylic acids is 1. The fourth-order valence-corrected chi connectivity index (χ4v) is 1.02. The minimum absolute atomic E-state index is 0.109. The van der Waals surface area contributed by atoms with Gasteiger partial charge < -0.3 is 16.6 Å². The van der Waals surface area contributed by atoms with Crippen molar-refractivity contribution in [3.63, 3.8) is 0 Å². The van der Waals surface area contributed by atoms with Crippen molar-refractivity contribution < 1.29 is 14.3 Å². The van der Waals surface area contributed by atoms with E-state index in [2.05, 4.69) is 4.99 Å². The number of rotatable bonds is 6. The number of hydrogen-bond donors (Lipinski definition) is 3. The summed E-state index contributed by atoms with van der Waals surface area (Å²) in [6.45, 7) is 4.46. The first kappa shape index (κ1) is 15.6. The summed E-state index contributed by atoms with van der Waals surface area (Å²) in [4.78, 5) is 14.5. The lowest BCUT2D eigenvalue weighted by molar-refractivity contribution is -0.142. The van der Waals surface area contributed by atoms with Crippen LogP contribution in [0.25, 0.3) is 0 Å². The molecule has 0 heterocycles. The van der Waals surface area contributed by atoms with Crippen LogP contribution in [0.3, 0.4) is 0 Å². The molecule has 0 fully saturated rings. The van der Waals surface area contributed by atoms with E-state index in [0.717, 1.165) is 0 Å². The molecule has 0 aliphatic rings. The zero-order valence-corrected chi connectivity index (χ0v) is 10.5. The Morgan fingerprint density at radius 2 is 2.00 bits per heavy atom. The van der Waals surface area contributed by atoms with Crippen LogP contribution in [-0.2, 0) is 4.79 Å². The van der Waals surface area contributed by atoms with Crippen molar-refractivity contribution in [2.24, 2.45) is 16.5 Å². The summed E-state index contributed by atoms with van der Waals surface area (Å²) in [5.41, 5.74) is 9.94. The fraction of sp³-hybridized carbons (Fsp3) is 0.636. The zero-order valence-electron chi connectivity index (χ0n) is 10.5. The normalized spacial score (nSPS) is 17.4. The molecule has 6 heteroatoms. The van der Waals surface area contributed by atoms with Crippen LogP contribution >= 0.6 is 0 Å². The Morgan fingerprint density at radius 3 is 2.41 bits per heavy atom. The first-order chi connectivity index (χ1) is 7.66. The van der Waals surface area contributed by atoms with Crippen molar-refractivity contribution in [2.75, 3.05) is 6.54 Å². The van der Waals surface area contributed by atoms with Gasteiger partial charge in [0, 0.05) is 0 Å². The van der Waals surface area contributed by atoms with Crippen molar-refractivity contribution in [1.29, 1.82) is 0 Å². The van der Waals surface area contributed by atoms with E-state index in [1.165, 1.54) is 6.92 Å². The van der Waals surface area contributed by atoms with E-state index in [4.69, 9.17) is 16.6 Å². The summed E-state index contributed by atoms with van der Waals surface area (Å²) < 4.78 is 13.5. The van der Waals surface area contributed by atoms with E-state index < -0.39 is 17.3 Å². The first-order valence-corrected chi connectivity index (χ1v) is 5.29. The molecule has 5 nitrogen and oxygen atoms in total. The molecule has 0 aromatic carbocycles. The SMILES string of the molecule is CC(N)=NC/C(F)=C(/C)CC[C@@](C)(N)C(=O)O. The van der Waals surface area contributed by atoms with Gasteiger partial charge in [-0.15, -0.1) is 0 Å². The summed E-state index contributed by atoms with van der Waals surface area (Å²) >= 11 is 0. The summed E-state index contributed by atoms with van der Waals surface area (Å²) in [5.74, 6) is -1.18. The molecule has 0 rings (SSSR count). The smallest absolute Gasteiger partial charge is 0.323 e. The van der Waals surface area contributed by atoms with Gasteiger partial charge in [0.2, 0.25) is 0 Å². The highest BCUT2D eigenvalue weighted by molar-refractivity contribution is 5.78. The molecular formula is C11H20FN3O2. The van der Waals surface area contributed by atoms with Crippen LogP contribution in [0.5, 0.6) is 0 Å². The molecule has 17 heavy (non-hydrogen) atoms. The predicted octanol–water partition coefficient (Wildman–Crippen LogP) is 1.19. The third kappa shape index (κ3) is 6.01. The van der Waals surface area contributed by atoms with Gasteiger partial charge in [0.15, 0.2) is 0 Å². The second-order valence-corrected chi connectivity index (χ2v) is 4.37. The molecule has 0 bridgehead atoms. The van der Waals surface area contributed by atoms with Gasteiger partial charge >= 0.3 is 5.97 Å². The van der Waals surface area contributed by atoms with Gasteiger partial charge in [0.1, 0.15) is 11.4 Å². The summed E-state index contributed by atoms with van der Waals surface area (Å²) in [6.07, 6.45) is 0.456. The van der Waals surface area contributed by atoms with Gasteiger partial charge in [-0.1, -0.05) is 0 Å². The highest BCUT2D eigenvalue weighted by atomic mass is 19.1. The second kappa shape index (κ2) is 6.34. The maximum absolute atomic E-state index is 13.5. The van der Waals surface area contributed by atoms with Gasteiger partial charge in [-0.2, -0.15) is 0 Å². The number of carboxylic acid groups (broad SMARTS) is 1. The molecule has 0 unspecified atom stereocenters. The van der Waals surface area contributed by atoms with E-state index in [1.807, 2.05) is 0 Å². The summed E-state index contributed by atoms with van der Waals surface area (Å²) in [5, 5.41) is 8.80. The average molecular weight is 245 g/mol. The Bertz CT molecular complexity index is 345. The summed E-state index contributed by atoms with van der Waals surface area (Å²) in [6, 6.07) is 0. The summed E-state index contributed by atoms with van der Waals surface area (Å²) in [7, 11) is 0. The molecule has 0 radical (unpaired) electrons. The maximum Gasteiger partial charge on any atom is 0.323 e. The number of allylic oxidation sites excluding steroid dienone is 1. The molecule has 0 aliphatic carbocycles. The number of halogens is 1. The monoisotopic (exact) mass is 245 g/mol. The Morgan fingerprint density at radius 1 is 1.47 bits per heavy atom. The van der Waals surface area contributed by atoms with Crippen LogP contribution in [-0.4, -0.2) is 29.0 Å². The van der Waals surface area contributed by atoms with Crippen molar-refractivity contribution in [1.82, 2.24) is 0 Å². The fourth-order valence-electron chi connectivity index (χ4n) is 1.02. The number of nitrogens with two attached hydrogens (primary N) is 2. The molecule has 0 saturated heterocycles. The number of amidine groups is 1. The van der Waals surface area contributed by atoms with Gasteiger partial charge in [0.25, 0.3) is 0 Å². The highest BCUT2D eigenvalue weighted by Crippen LogP contribution is 2.18. The number of aliphatic imine (C=N–C) groups is 1. The molecule has 0 saturated carbocycles. The lowest BCUT2D eigenvalue weighted by Crippen LogP contribution is -2.44. The predicted molar refractivity (Wildman–Crippen MR) is 65.4 cm³/mol. The van der Waals surface area contributed by atoms with E-state index in [9.17, 15) is 9.18 Å². The van der Waals surface area contributed by atoms with Crippen molar-refractivity contribution in [3.8, 4) is 0 Å². The second-order valence-electron chi connectivity index (χ2n) is 4.37. The first-order valence-electron chi connectivity index (χ1n) is 5.29. The van der Waals surface area contributed by atoms with Crippen LogP contribution in [0.2, 0.25) is 0 Å². The van der Waals surface area contributed by atoms with Gasteiger partial charge in [0.05, 0.1) is 12.4 Å². The van der Waals surface area contributed by atoms with Crippen LogP contribution in [0.1, 0.15) is 33.6 Å². The number of carbonyl (C=O) groups is 1. The third-order valence-electron chi connectivity index (χ3n) is 2.44. The Labute approximate surface area is 100 Å². The van der Waals surface area contributed by atoms with Gasteiger partial charge in [-0.25, -0.2) is 4.39 Å². The van der Waals surface area contributed by atoms with Crippen LogP contribution in [0.15, 0.2) is 16.4 Å². The molecule has 0 aromatic heterocycles. The quantitative estimate of drug-likeness (QED) is 0.483. The zero-order chi connectivity index (χ0) is 13.6. The maximum atomic E-state index is 13.5. The van der Waals surface area contributed by atoms with Crippen LogP contribution < -0.4 is 11.5 Å². The molecular weight excluding hydrogens is 225 g/mol. The van der Waals surface area contributed by atoms with E-state index in [1.54, 1.807) is 13.8 Å². The van der Waals surface area contributed by atoms with Crippen molar-refractivity contribution in [3.05, 3.63) is 11.4 Å². The van der Waals surface area contributed by atoms with E-state index >= 15 is 0 Å². The van der Waals surface area contributed by atoms with Gasteiger partial charge in [-0.3, -0.25) is 9.79 Å². The van der Waals surface area contributed by atoms with Crippen molar-refractivity contribution >= 4 is 11.8 Å². The van der Waals surface area contributed by atoms with Crippen LogP contribution in [0, 0.1) is 0 Å². The Kier molecular flexibility index (Phi) is 5.81. The van der Waals surface area contributed by atoms with E-state index in [0.29, 0.717) is 11.4 Å². The van der Waals surface area contributed by atoms with Crippen molar-refractivity contribution in [2.45, 2.75) is 39.2 Å². The Hall–Kier alpha value is -1.43. The number of nitrogens with zero attached hydrogens (tertiary/aromatic N) is 1. The molecule has 0 aliphatic heterocycles. The highest BCUT2D eigenvalue weighted by Gasteiger charge is 2.27. The molecule has 1 atom stereocenters. The third-order valence-corrected chi connectivity index (χ3v) is 2.44. The number of carboxylic acids is 1. The molecule has 0 amide bonds. The molecule has 5 N–H and O–H groups in total. The average Bonchev–Trinajstić information content (AvgIpc) is 2.22. The number of hydrogen-bond acceptors (Lipinski definition) is 3. The minimum atomic E-state index is -1.34. The standard InChI is InChI=1S/C11H20FN3O2/c1-7(9(12)6-15-8(2)13)4-5-11(3,14)10(16)17/h4-6,14H2,1-3H3,(H2,13,15)(H,16,17)/b9-7+/t11-/m1/s1. The van der Waals surface area contributed by atoms with Crippen LogP contribution in [0.4, 0.5) is 4.39 Å². The van der Waals surface area contributed by atoms with Gasteiger partial charge in [-0.05, 0) is 39.2 Å². The molecule has 98 valence electrons. The minimum Gasteiger partial charge on any atom is -0.480 e. The largest absolute Gasteiger partial charge is 0.480 e. The topological polar surface area (TPSA) is 102 Å². The molecule has 0 spiro atoms. The lowest BCUT2D eigenvalue weighted by Gasteiger charge is -2.19.